The molecule has 0 aliphatic rings. The number of carbonyl (C=O) groups is 2. The molecule has 0 saturated heterocycles. The first kappa shape index (κ1) is 15.0. The first-order valence-electron chi connectivity index (χ1n) is 6.09. The normalized spacial score (nSPS) is 10.7. The molecule has 1 aromatic carbocycles. The quantitative estimate of drug-likeness (QED) is 0.813. The van der Waals surface area contributed by atoms with E-state index < -0.39 is 11.7 Å². The number of carbonyl (C=O) groups excluding carboxylic acids is 2. The summed E-state index contributed by atoms with van der Waals surface area (Å²) < 4.78 is 5.06. The summed E-state index contributed by atoms with van der Waals surface area (Å²) in [5.41, 5.74) is 0.0458. The van der Waals surface area contributed by atoms with Gasteiger partial charge in [0.15, 0.2) is 0 Å². The van der Waals surface area contributed by atoms with Crippen molar-refractivity contribution < 1.29 is 14.3 Å². The number of ether oxygens (including phenoxy) is 1. The molecule has 5 heteroatoms. The molecule has 1 radical (unpaired) electrons. The molecule has 0 atom stereocenters. The molecule has 1 aromatic rings. The molecule has 0 saturated carbocycles. The van der Waals surface area contributed by atoms with E-state index in [0.29, 0.717) is 18.7 Å². The fourth-order valence-electron chi connectivity index (χ4n) is 1.30. The maximum absolute atomic E-state index is 11.6. The van der Waals surface area contributed by atoms with Crippen LogP contribution in [0, 0.1) is 6.07 Å². The Labute approximate surface area is 113 Å². The van der Waals surface area contributed by atoms with E-state index in [4.69, 9.17) is 4.74 Å². The van der Waals surface area contributed by atoms with Crippen LogP contribution in [0.1, 0.15) is 31.1 Å². The Bertz CT molecular complexity index is 424. The maximum Gasteiger partial charge on any atom is 0.407 e. The molecule has 19 heavy (non-hydrogen) atoms. The first-order chi connectivity index (χ1) is 8.88. The van der Waals surface area contributed by atoms with Crippen LogP contribution in [0.4, 0.5) is 4.79 Å². The van der Waals surface area contributed by atoms with Crippen LogP contribution in [0.15, 0.2) is 24.3 Å². The molecule has 1 rings (SSSR count). The van der Waals surface area contributed by atoms with Crippen LogP contribution in [0.25, 0.3) is 0 Å². The Morgan fingerprint density at radius 1 is 1.16 bits per heavy atom. The number of nitrogens with one attached hydrogen (secondary N) is 2. The highest BCUT2D eigenvalue weighted by atomic mass is 16.6. The first-order valence-corrected chi connectivity index (χ1v) is 6.09. The average molecular weight is 263 g/mol. The minimum absolute atomic E-state index is 0.181. The maximum atomic E-state index is 11.6. The monoisotopic (exact) mass is 263 g/mol. The zero-order valence-corrected chi connectivity index (χ0v) is 11.4. The van der Waals surface area contributed by atoms with Crippen molar-refractivity contribution in [1.82, 2.24) is 10.6 Å². The van der Waals surface area contributed by atoms with E-state index >= 15 is 0 Å². The molecule has 5 nitrogen and oxygen atoms in total. The molecule has 0 aliphatic carbocycles. The molecular weight excluding hydrogens is 244 g/mol. The summed E-state index contributed by atoms with van der Waals surface area (Å²) in [6.45, 7) is 6.04. The van der Waals surface area contributed by atoms with Crippen LogP contribution in [0.2, 0.25) is 0 Å². The van der Waals surface area contributed by atoms with Gasteiger partial charge in [-0.15, -0.1) is 0 Å². The summed E-state index contributed by atoms with van der Waals surface area (Å²) >= 11 is 0. The van der Waals surface area contributed by atoms with E-state index in [9.17, 15) is 9.59 Å². The lowest BCUT2D eigenvalue weighted by Gasteiger charge is -2.19. The molecule has 103 valence electrons. The largest absolute Gasteiger partial charge is 0.444 e. The highest BCUT2D eigenvalue weighted by Crippen LogP contribution is 2.05. The van der Waals surface area contributed by atoms with Crippen molar-refractivity contribution in [2.75, 3.05) is 13.1 Å². The topological polar surface area (TPSA) is 67.4 Å². The second kappa shape index (κ2) is 6.78. The molecule has 0 aliphatic heterocycles. The van der Waals surface area contributed by atoms with Crippen molar-refractivity contribution in [3.8, 4) is 0 Å². The van der Waals surface area contributed by atoms with Gasteiger partial charge < -0.3 is 15.4 Å². The molecule has 0 bridgehead atoms. The number of alkyl carbamates (subject to hydrolysis) is 1. The molecular formula is C14H19N2O3. The summed E-state index contributed by atoms with van der Waals surface area (Å²) in [5.74, 6) is -0.181. The smallest absolute Gasteiger partial charge is 0.407 e. The van der Waals surface area contributed by atoms with Gasteiger partial charge in [-0.1, -0.05) is 12.1 Å². The highest BCUT2D eigenvalue weighted by molar-refractivity contribution is 5.94. The third-order valence-corrected chi connectivity index (χ3v) is 2.06. The van der Waals surface area contributed by atoms with Crippen molar-refractivity contribution in [3.05, 3.63) is 35.9 Å². The van der Waals surface area contributed by atoms with E-state index in [1.54, 1.807) is 45.0 Å². The fraction of sp³-hybridized carbons (Fsp3) is 0.429. The van der Waals surface area contributed by atoms with Crippen LogP contribution in [-0.2, 0) is 4.74 Å². The van der Waals surface area contributed by atoms with Crippen molar-refractivity contribution >= 4 is 12.0 Å². The van der Waals surface area contributed by atoms with Crippen LogP contribution < -0.4 is 10.6 Å². The lowest BCUT2D eigenvalue weighted by atomic mass is 10.2. The SMILES string of the molecule is CC(C)(C)OC(=O)NCCNC(=O)c1cc[c]cc1. The Kier molecular flexibility index (Phi) is 5.36. The van der Waals surface area contributed by atoms with E-state index in [2.05, 4.69) is 16.7 Å². The molecule has 0 heterocycles. The zero-order valence-electron chi connectivity index (χ0n) is 11.4. The zero-order chi connectivity index (χ0) is 14.3. The summed E-state index contributed by atoms with van der Waals surface area (Å²) in [6.07, 6.45) is -0.490. The molecule has 2 N–H and O–H groups in total. The molecule has 2 amide bonds. The van der Waals surface area contributed by atoms with Crippen molar-refractivity contribution in [2.45, 2.75) is 26.4 Å². The third kappa shape index (κ3) is 6.45. The predicted octanol–water partition coefficient (Wildman–Crippen LogP) is 1.74. The van der Waals surface area contributed by atoms with E-state index in [-0.39, 0.29) is 5.91 Å². The molecule has 0 spiro atoms. The highest BCUT2D eigenvalue weighted by Gasteiger charge is 2.15. The summed E-state index contributed by atoms with van der Waals surface area (Å²) in [6, 6.07) is 9.54. The van der Waals surface area contributed by atoms with Gasteiger partial charge in [0, 0.05) is 18.7 Å². The predicted molar refractivity (Wildman–Crippen MR) is 71.8 cm³/mol. The summed E-state index contributed by atoms with van der Waals surface area (Å²) in [5, 5.41) is 5.26. The van der Waals surface area contributed by atoms with E-state index in [1.165, 1.54) is 0 Å². The average Bonchev–Trinajstić information content (AvgIpc) is 2.33. The Hall–Kier alpha value is -2.04. The fourth-order valence-corrected chi connectivity index (χ4v) is 1.30. The third-order valence-electron chi connectivity index (χ3n) is 2.06. The van der Waals surface area contributed by atoms with E-state index in [1.807, 2.05) is 0 Å². The summed E-state index contributed by atoms with van der Waals surface area (Å²) in [7, 11) is 0. The van der Waals surface area contributed by atoms with Crippen LogP contribution in [0.5, 0.6) is 0 Å². The second-order valence-corrected chi connectivity index (χ2v) is 4.97. The van der Waals surface area contributed by atoms with Crippen LogP contribution >= 0.6 is 0 Å². The number of amides is 2. The van der Waals surface area contributed by atoms with Crippen molar-refractivity contribution in [2.24, 2.45) is 0 Å². The lowest BCUT2D eigenvalue weighted by molar-refractivity contribution is 0.0526. The van der Waals surface area contributed by atoms with Gasteiger partial charge >= 0.3 is 6.09 Å². The molecule has 0 aromatic heterocycles. The van der Waals surface area contributed by atoms with Gasteiger partial charge in [0.2, 0.25) is 0 Å². The number of hydrogen-bond donors (Lipinski definition) is 2. The minimum Gasteiger partial charge on any atom is -0.444 e. The summed E-state index contributed by atoms with van der Waals surface area (Å²) in [4.78, 5) is 23.0. The van der Waals surface area contributed by atoms with Crippen LogP contribution in [-0.4, -0.2) is 30.7 Å². The van der Waals surface area contributed by atoms with Gasteiger partial charge in [-0.3, -0.25) is 4.79 Å². The van der Waals surface area contributed by atoms with Crippen LogP contribution in [0.3, 0.4) is 0 Å². The van der Waals surface area contributed by atoms with Crippen molar-refractivity contribution in [3.63, 3.8) is 0 Å². The van der Waals surface area contributed by atoms with Gasteiger partial charge in [-0.2, -0.15) is 0 Å². The standard InChI is InChI=1S/C14H19N2O3/c1-14(2,3)19-13(18)16-10-9-15-12(17)11-7-5-4-6-8-11/h5-8H,9-10H2,1-3H3,(H,15,17)(H,16,18). The second-order valence-electron chi connectivity index (χ2n) is 4.97. The lowest BCUT2D eigenvalue weighted by Crippen LogP contribution is -2.37. The van der Waals surface area contributed by atoms with Gasteiger partial charge in [-0.05, 0) is 39.0 Å². The molecule has 0 unspecified atom stereocenters. The van der Waals surface area contributed by atoms with Crippen molar-refractivity contribution in [1.29, 1.82) is 0 Å². The van der Waals surface area contributed by atoms with Gasteiger partial charge in [-0.25, -0.2) is 4.79 Å². The Morgan fingerprint density at radius 3 is 2.32 bits per heavy atom. The number of benzene rings is 1. The Balaban J connectivity index is 2.21. The van der Waals surface area contributed by atoms with E-state index in [0.717, 1.165) is 0 Å². The number of rotatable bonds is 4. The molecule has 0 fully saturated rings. The minimum atomic E-state index is -0.520. The van der Waals surface area contributed by atoms with Gasteiger partial charge in [0.25, 0.3) is 5.91 Å². The Morgan fingerprint density at radius 2 is 1.74 bits per heavy atom. The number of hydrogen-bond acceptors (Lipinski definition) is 3. The van der Waals surface area contributed by atoms with Gasteiger partial charge in [0.05, 0.1) is 0 Å². The van der Waals surface area contributed by atoms with Gasteiger partial charge in [0.1, 0.15) is 5.60 Å².